The maximum absolute atomic E-state index is 6.91. The summed E-state index contributed by atoms with van der Waals surface area (Å²) in [5.74, 6) is 1.30. The number of nitrogens with zero attached hydrogens (tertiary/aromatic N) is 1. The van der Waals surface area contributed by atoms with E-state index in [1.165, 1.54) is 43.4 Å². The van der Waals surface area contributed by atoms with Crippen molar-refractivity contribution in [1.82, 2.24) is 4.98 Å². The molecule has 2 nitrogen and oxygen atoms in total. The van der Waals surface area contributed by atoms with E-state index < -0.39 is 0 Å². The predicted molar refractivity (Wildman–Crippen MR) is 88.2 cm³/mol. The lowest BCUT2D eigenvalue weighted by atomic mass is 9.62. The number of pyridine rings is 1. The third-order valence-corrected chi connectivity index (χ3v) is 6.03. The smallest absolute Gasteiger partial charge is 0.0484 e. The van der Waals surface area contributed by atoms with E-state index in [1.807, 2.05) is 6.20 Å². The van der Waals surface area contributed by atoms with Gasteiger partial charge in [0.1, 0.15) is 0 Å². The van der Waals surface area contributed by atoms with Crippen molar-refractivity contribution in [2.75, 3.05) is 0 Å². The van der Waals surface area contributed by atoms with Crippen LogP contribution in [0.2, 0.25) is 0 Å². The number of fused-ring (bicyclic) bond motifs is 1. The van der Waals surface area contributed by atoms with Crippen LogP contribution in [-0.2, 0) is 6.42 Å². The number of nitrogens with two attached hydrogens (primary N) is 1. The fraction of sp³-hybridized carbons (Fsp3) is 0.737. The second-order valence-corrected chi connectivity index (χ2v) is 8.37. The Kier molecular flexibility index (Phi) is 3.85. The Morgan fingerprint density at radius 3 is 2.57 bits per heavy atom. The second-order valence-electron chi connectivity index (χ2n) is 8.37. The fourth-order valence-corrected chi connectivity index (χ4v) is 4.54. The fourth-order valence-electron chi connectivity index (χ4n) is 4.54. The molecule has 1 unspecified atom stereocenters. The zero-order valence-electron chi connectivity index (χ0n) is 13.9. The zero-order chi connectivity index (χ0) is 15.1. The molecule has 1 fully saturated rings. The molecule has 0 radical (unpaired) electrons. The molecule has 116 valence electrons. The number of aromatic nitrogens is 1. The highest BCUT2D eigenvalue weighted by Gasteiger charge is 2.43. The first-order valence-corrected chi connectivity index (χ1v) is 8.63. The molecule has 0 bridgehead atoms. The Balaban J connectivity index is 1.79. The van der Waals surface area contributed by atoms with Crippen LogP contribution in [0.3, 0.4) is 0 Å². The summed E-state index contributed by atoms with van der Waals surface area (Å²) >= 11 is 0. The van der Waals surface area contributed by atoms with Crippen molar-refractivity contribution in [3.63, 3.8) is 0 Å². The Morgan fingerprint density at radius 2 is 1.90 bits per heavy atom. The SMILES string of the molecule is CC(C)(C)C1CCC(N)(C2CCCc3cccnc32)CC1. The summed E-state index contributed by atoms with van der Waals surface area (Å²) in [6, 6.07) is 4.32. The van der Waals surface area contributed by atoms with Crippen LogP contribution in [-0.4, -0.2) is 10.5 Å². The van der Waals surface area contributed by atoms with E-state index in [9.17, 15) is 0 Å². The summed E-state index contributed by atoms with van der Waals surface area (Å²) in [5, 5.41) is 0. The number of aryl methyl sites for hydroxylation is 1. The van der Waals surface area contributed by atoms with Crippen LogP contribution < -0.4 is 5.73 Å². The summed E-state index contributed by atoms with van der Waals surface area (Å²) in [5.41, 5.74) is 10.1. The molecule has 2 heteroatoms. The number of hydrogen-bond donors (Lipinski definition) is 1. The van der Waals surface area contributed by atoms with E-state index in [0.717, 1.165) is 18.8 Å². The van der Waals surface area contributed by atoms with Gasteiger partial charge in [-0.1, -0.05) is 26.8 Å². The molecule has 0 aromatic carbocycles. The van der Waals surface area contributed by atoms with Gasteiger partial charge in [0.25, 0.3) is 0 Å². The van der Waals surface area contributed by atoms with Gasteiger partial charge >= 0.3 is 0 Å². The first kappa shape index (κ1) is 15.0. The third kappa shape index (κ3) is 2.88. The summed E-state index contributed by atoms with van der Waals surface area (Å²) in [6.45, 7) is 7.12. The highest BCUT2D eigenvalue weighted by atomic mass is 14.8. The van der Waals surface area contributed by atoms with Crippen LogP contribution in [0.4, 0.5) is 0 Å². The van der Waals surface area contributed by atoms with E-state index in [-0.39, 0.29) is 5.54 Å². The molecule has 0 amide bonds. The normalized spacial score (nSPS) is 33.5. The Labute approximate surface area is 129 Å². The van der Waals surface area contributed by atoms with Crippen LogP contribution in [0.15, 0.2) is 18.3 Å². The zero-order valence-corrected chi connectivity index (χ0v) is 13.9. The molecule has 0 aliphatic heterocycles. The summed E-state index contributed by atoms with van der Waals surface area (Å²) in [6.07, 6.45) is 10.5. The molecule has 0 spiro atoms. The van der Waals surface area contributed by atoms with Crippen molar-refractivity contribution in [2.24, 2.45) is 17.1 Å². The molecule has 2 aliphatic carbocycles. The molecular formula is C19H30N2. The van der Waals surface area contributed by atoms with Gasteiger partial charge in [-0.3, -0.25) is 4.98 Å². The topological polar surface area (TPSA) is 38.9 Å². The van der Waals surface area contributed by atoms with Crippen molar-refractivity contribution in [3.05, 3.63) is 29.6 Å². The van der Waals surface area contributed by atoms with Gasteiger partial charge in [0, 0.05) is 23.3 Å². The Hall–Kier alpha value is -0.890. The van der Waals surface area contributed by atoms with Gasteiger partial charge in [-0.05, 0) is 67.9 Å². The van der Waals surface area contributed by atoms with Gasteiger partial charge in [0.15, 0.2) is 0 Å². The van der Waals surface area contributed by atoms with Gasteiger partial charge in [-0.2, -0.15) is 0 Å². The molecule has 3 rings (SSSR count). The van der Waals surface area contributed by atoms with Crippen molar-refractivity contribution in [3.8, 4) is 0 Å². The van der Waals surface area contributed by atoms with Crippen molar-refractivity contribution in [2.45, 2.75) is 77.2 Å². The van der Waals surface area contributed by atoms with E-state index in [4.69, 9.17) is 10.7 Å². The molecule has 1 aromatic rings. The highest BCUT2D eigenvalue weighted by molar-refractivity contribution is 5.29. The van der Waals surface area contributed by atoms with Gasteiger partial charge in [-0.25, -0.2) is 0 Å². The minimum absolute atomic E-state index is 0.0225. The molecule has 2 N–H and O–H groups in total. The molecule has 2 aliphatic rings. The minimum atomic E-state index is -0.0225. The Morgan fingerprint density at radius 1 is 1.19 bits per heavy atom. The summed E-state index contributed by atoms with van der Waals surface area (Å²) in [4.78, 5) is 4.71. The highest BCUT2D eigenvalue weighted by Crippen LogP contribution is 2.48. The maximum atomic E-state index is 6.91. The van der Waals surface area contributed by atoms with Crippen LogP contribution in [0.1, 0.15) is 76.5 Å². The average molecular weight is 286 g/mol. The van der Waals surface area contributed by atoms with Crippen molar-refractivity contribution >= 4 is 0 Å². The quantitative estimate of drug-likeness (QED) is 0.829. The number of hydrogen-bond acceptors (Lipinski definition) is 2. The second kappa shape index (κ2) is 5.39. The molecule has 1 saturated carbocycles. The van der Waals surface area contributed by atoms with Crippen molar-refractivity contribution in [1.29, 1.82) is 0 Å². The molecule has 21 heavy (non-hydrogen) atoms. The van der Waals surface area contributed by atoms with Crippen LogP contribution >= 0.6 is 0 Å². The molecule has 1 atom stereocenters. The standard InChI is InChI=1S/C19H30N2/c1-18(2,3)15-9-11-19(20,12-10-15)16-8-4-6-14-7-5-13-21-17(14)16/h5,7,13,15-16H,4,6,8-12,20H2,1-3H3. The van der Waals surface area contributed by atoms with E-state index in [0.29, 0.717) is 11.3 Å². The largest absolute Gasteiger partial charge is 0.324 e. The lowest BCUT2D eigenvalue weighted by molar-refractivity contribution is 0.115. The molecule has 0 saturated heterocycles. The van der Waals surface area contributed by atoms with Crippen LogP contribution in [0, 0.1) is 11.3 Å². The van der Waals surface area contributed by atoms with Crippen LogP contribution in [0.25, 0.3) is 0 Å². The maximum Gasteiger partial charge on any atom is 0.0484 e. The van der Waals surface area contributed by atoms with Gasteiger partial charge < -0.3 is 5.73 Å². The molecular weight excluding hydrogens is 256 g/mol. The molecule has 1 aromatic heterocycles. The van der Waals surface area contributed by atoms with E-state index in [1.54, 1.807) is 0 Å². The summed E-state index contributed by atoms with van der Waals surface area (Å²) < 4.78 is 0. The first-order valence-electron chi connectivity index (χ1n) is 8.63. The third-order valence-electron chi connectivity index (χ3n) is 6.03. The van der Waals surface area contributed by atoms with Crippen LogP contribution in [0.5, 0.6) is 0 Å². The van der Waals surface area contributed by atoms with Crippen molar-refractivity contribution < 1.29 is 0 Å². The van der Waals surface area contributed by atoms with E-state index >= 15 is 0 Å². The average Bonchev–Trinajstić information content (AvgIpc) is 2.46. The van der Waals surface area contributed by atoms with Gasteiger partial charge in [0.05, 0.1) is 0 Å². The van der Waals surface area contributed by atoms with Gasteiger partial charge in [0.2, 0.25) is 0 Å². The lowest BCUT2D eigenvalue weighted by Crippen LogP contribution is -2.50. The molecule has 1 heterocycles. The Bertz CT molecular complexity index is 493. The van der Waals surface area contributed by atoms with E-state index in [2.05, 4.69) is 32.9 Å². The van der Waals surface area contributed by atoms with Gasteiger partial charge in [-0.15, -0.1) is 0 Å². The minimum Gasteiger partial charge on any atom is -0.324 e. The lowest BCUT2D eigenvalue weighted by Gasteiger charge is -2.47. The summed E-state index contributed by atoms with van der Waals surface area (Å²) in [7, 11) is 0. The first-order chi connectivity index (χ1) is 9.90. The number of rotatable bonds is 1. The monoisotopic (exact) mass is 286 g/mol. The predicted octanol–water partition coefficient (Wildman–Crippen LogP) is 4.44.